The van der Waals surface area contributed by atoms with E-state index in [1.54, 1.807) is 24.3 Å². The predicted molar refractivity (Wildman–Crippen MR) is 137 cm³/mol. The van der Waals surface area contributed by atoms with Crippen LogP contribution in [0.5, 0.6) is 5.75 Å². The fraction of sp³-hybridized carbons (Fsp3) is 0.308. The van der Waals surface area contributed by atoms with Crippen LogP contribution in [-0.4, -0.2) is 72.7 Å². The highest BCUT2D eigenvalue weighted by Crippen LogP contribution is 2.35. The van der Waals surface area contributed by atoms with Crippen molar-refractivity contribution in [1.29, 1.82) is 0 Å². The maximum Gasteiger partial charge on any atom is 0.490 e. The van der Waals surface area contributed by atoms with E-state index in [-0.39, 0.29) is 24.5 Å². The number of hydrogen-bond acceptors (Lipinski definition) is 7. The molecule has 1 saturated heterocycles. The summed E-state index contributed by atoms with van der Waals surface area (Å²) in [5, 5.41) is 9.92. The molecule has 2 amide bonds. The van der Waals surface area contributed by atoms with Crippen LogP contribution >= 0.6 is 0 Å². The lowest BCUT2D eigenvalue weighted by Gasteiger charge is -2.29. The summed E-state index contributed by atoms with van der Waals surface area (Å²) >= 11 is 0. The highest BCUT2D eigenvalue weighted by atomic mass is 19.4. The number of carbonyl (C=O) groups is 2. The number of alkyl halides is 6. The standard InChI is InChI=1S/C24H22F3N5O3.C2HF3O2/c25-24(26,27)17-4-1-3-16(15-17)18-7-8-19-22(28-18)32(11-14-35-19)23(33)30-20-5-2-6-21(29-20)31-9-12-34-13-10-31;3-2(4,5)1(6)7/h1-8,15H,9-14H2,(H,29,30,33);(H,6,7). The third-order valence-electron chi connectivity index (χ3n) is 5.95. The van der Waals surface area contributed by atoms with Crippen LogP contribution in [0.2, 0.25) is 0 Å². The maximum absolute atomic E-state index is 13.2. The first kappa shape index (κ1) is 30.4. The lowest BCUT2D eigenvalue weighted by molar-refractivity contribution is -0.192. The Hall–Kier alpha value is -4.60. The van der Waals surface area contributed by atoms with Gasteiger partial charge in [-0.25, -0.2) is 19.6 Å². The van der Waals surface area contributed by atoms with Crippen molar-refractivity contribution in [3.05, 3.63) is 60.2 Å². The van der Waals surface area contributed by atoms with Gasteiger partial charge in [0.2, 0.25) is 0 Å². The largest absolute Gasteiger partial charge is 0.490 e. The zero-order valence-corrected chi connectivity index (χ0v) is 21.6. The minimum atomic E-state index is -5.08. The van der Waals surface area contributed by atoms with Crippen LogP contribution in [-0.2, 0) is 15.7 Å². The van der Waals surface area contributed by atoms with E-state index in [2.05, 4.69) is 20.2 Å². The Bertz CT molecular complexity index is 1430. The molecule has 4 heterocycles. The van der Waals surface area contributed by atoms with E-state index in [0.29, 0.717) is 43.6 Å². The normalized spacial score (nSPS) is 15.1. The number of aromatic nitrogens is 2. The molecule has 2 aliphatic rings. The van der Waals surface area contributed by atoms with Crippen molar-refractivity contribution in [2.45, 2.75) is 12.4 Å². The first-order chi connectivity index (χ1) is 19.8. The number of nitrogens with one attached hydrogen (secondary N) is 1. The van der Waals surface area contributed by atoms with Gasteiger partial charge >= 0.3 is 24.4 Å². The number of aliphatic carboxylic acids is 1. The molecule has 3 aromatic rings. The number of morpholine rings is 1. The summed E-state index contributed by atoms with van der Waals surface area (Å²) in [5.41, 5.74) is -0.189. The Morgan fingerprint density at radius 3 is 2.24 bits per heavy atom. The van der Waals surface area contributed by atoms with Crippen molar-refractivity contribution >= 4 is 29.5 Å². The molecule has 0 radical (unpaired) electrons. The number of amides is 2. The van der Waals surface area contributed by atoms with Crippen molar-refractivity contribution in [2.24, 2.45) is 0 Å². The fourth-order valence-corrected chi connectivity index (χ4v) is 3.95. The van der Waals surface area contributed by atoms with Gasteiger partial charge in [0.15, 0.2) is 11.6 Å². The van der Waals surface area contributed by atoms with E-state index < -0.39 is 29.9 Å². The average Bonchev–Trinajstić information content (AvgIpc) is 2.96. The highest BCUT2D eigenvalue weighted by molar-refractivity contribution is 6.02. The van der Waals surface area contributed by atoms with Gasteiger partial charge in [-0.15, -0.1) is 0 Å². The van der Waals surface area contributed by atoms with Gasteiger partial charge in [0, 0.05) is 18.7 Å². The molecular weight excluding hydrogens is 576 g/mol. The average molecular weight is 599 g/mol. The molecule has 224 valence electrons. The van der Waals surface area contributed by atoms with E-state index in [4.69, 9.17) is 19.4 Å². The number of benzene rings is 1. The van der Waals surface area contributed by atoms with Crippen LogP contribution < -0.4 is 19.9 Å². The Morgan fingerprint density at radius 2 is 1.57 bits per heavy atom. The summed E-state index contributed by atoms with van der Waals surface area (Å²) in [5.74, 6) is -1.04. The predicted octanol–water partition coefficient (Wildman–Crippen LogP) is 5.06. The van der Waals surface area contributed by atoms with Crippen LogP contribution in [0.15, 0.2) is 54.6 Å². The number of carbonyl (C=O) groups excluding carboxylic acids is 1. The van der Waals surface area contributed by atoms with E-state index in [0.717, 1.165) is 18.0 Å². The van der Waals surface area contributed by atoms with Crippen molar-refractivity contribution in [3.63, 3.8) is 0 Å². The van der Waals surface area contributed by atoms with Crippen molar-refractivity contribution in [2.75, 3.05) is 54.6 Å². The molecule has 1 fully saturated rings. The molecule has 0 bridgehead atoms. The third kappa shape index (κ3) is 7.57. The van der Waals surface area contributed by atoms with E-state index in [9.17, 15) is 31.1 Å². The Kier molecular flexibility index (Phi) is 9.04. The quantitative estimate of drug-likeness (QED) is 0.402. The lowest BCUT2D eigenvalue weighted by Crippen LogP contribution is -2.41. The SMILES string of the molecule is O=C(Nc1cccc(N2CCOCC2)n1)N1CCOc2ccc(-c3cccc(C(F)(F)F)c3)nc21.O=C(O)C(F)(F)F. The molecule has 16 heteroatoms. The second kappa shape index (κ2) is 12.5. The minimum Gasteiger partial charge on any atom is -0.488 e. The summed E-state index contributed by atoms with van der Waals surface area (Å²) in [4.78, 5) is 34.5. The maximum atomic E-state index is 13.2. The molecule has 5 rings (SSSR count). The Morgan fingerprint density at radius 1 is 0.881 bits per heavy atom. The number of rotatable bonds is 3. The number of nitrogens with zero attached hydrogens (tertiary/aromatic N) is 4. The fourth-order valence-electron chi connectivity index (χ4n) is 3.95. The summed E-state index contributed by atoms with van der Waals surface area (Å²) in [6, 6.07) is 13.0. The van der Waals surface area contributed by atoms with E-state index in [1.807, 2.05) is 12.1 Å². The summed E-state index contributed by atoms with van der Waals surface area (Å²) in [6.07, 6.45) is -9.55. The number of halogens is 6. The highest BCUT2D eigenvalue weighted by Gasteiger charge is 2.38. The smallest absolute Gasteiger partial charge is 0.488 e. The van der Waals surface area contributed by atoms with Gasteiger partial charge in [-0.05, 0) is 36.4 Å². The number of anilines is 3. The molecule has 2 N–H and O–H groups in total. The van der Waals surface area contributed by atoms with Gasteiger partial charge in [0.25, 0.3) is 0 Å². The third-order valence-corrected chi connectivity index (χ3v) is 5.95. The van der Waals surface area contributed by atoms with E-state index in [1.165, 1.54) is 11.0 Å². The van der Waals surface area contributed by atoms with Crippen LogP contribution in [0, 0.1) is 0 Å². The van der Waals surface area contributed by atoms with Crippen LogP contribution in [0.1, 0.15) is 5.56 Å². The topological polar surface area (TPSA) is 117 Å². The Labute approximate surface area is 234 Å². The molecule has 0 atom stereocenters. The second-order valence-corrected chi connectivity index (χ2v) is 8.81. The van der Waals surface area contributed by atoms with Crippen molar-refractivity contribution in [3.8, 4) is 17.0 Å². The van der Waals surface area contributed by atoms with Gasteiger partial charge < -0.3 is 19.5 Å². The minimum absolute atomic E-state index is 0.223. The molecule has 42 heavy (non-hydrogen) atoms. The molecule has 0 unspecified atom stereocenters. The van der Waals surface area contributed by atoms with Crippen molar-refractivity contribution in [1.82, 2.24) is 9.97 Å². The molecule has 0 spiro atoms. The van der Waals surface area contributed by atoms with Gasteiger partial charge in [0.05, 0.1) is 31.0 Å². The number of hydrogen-bond donors (Lipinski definition) is 2. The number of carboxylic acid groups (broad SMARTS) is 1. The summed E-state index contributed by atoms with van der Waals surface area (Å²) in [6.45, 7) is 3.13. The zero-order chi connectivity index (χ0) is 30.5. The number of carboxylic acids is 1. The molecular formula is C26H23F6N5O5. The molecule has 0 saturated carbocycles. The van der Waals surface area contributed by atoms with Gasteiger partial charge in [-0.3, -0.25) is 10.2 Å². The molecule has 1 aromatic carbocycles. The van der Waals surface area contributed by atoms with Gasteiger partial charge in [0.1, 0.15) is 18.2 Å². The molecule has 2 aliphatic heterocycles. The first-order valence-electron chi connectivity index (χ1n) is 12.3. The monoisotopic (exact) mass is 599 g/mol. The molecule has 10 nitrogen and oxygen atoms in total. The number of pyridine rings is 2. The second-order valence-electron chi connectivity index (χ2n) is 8.81. The summed E-state index contributed by atoms with van der Waals surface area (Å²) < 4.78 is 82.2. The lowest BCUT2D eigenvalue weighted by atomic mass is 10.1. The van der Waals surface area contributed by atoms with Crippen LogP contribution in [0.4, 0.5) is 48.6 Å². The molecule has 0 aliphatic carbocycles. The van der Waals surface area contributed by atoms with Crippen LogP contribution in [0.25, 0.3) is 11.3 Å². The Balaban J connectivity index is 0.000000517. The number of urea groups is 1. The zero-order valence-electron chi connectivity index (χ0n) is 21.6. The number of ether oxygens (including phenoxy) is 2. The first-order valence-corrected chi connectivity index (χ1v) is 12.3. The van der Waals surface area contributed by atoms with E-state index >= 15 is 0 Å². The molecule has 2 aromatic heterocycles. The van der Waals surface area contributed by atoms with Crippen LogP contribution in [0.3, 0.4) is 0 Å². The van der Waals surface area contributed by atoms with Crippen molar-refractivity contribution < 1.29 is 50.5 Å². The number of fused-ring (bicyclic) bond motifs is 1. The van der Waals surface area contributed by atoms with Gasteiger partial charge in [-0.1, -0.05) is 18.2 Å². The summed E-state index contributed by atoms with van der Waals surface area (Å²) in [7, 11) is 0. The van der Waals surface area contributed by atoms with Gasteiger partial charge in [-0.2, -0.15) is 26.3 Å².